The van der Waals surface area contributed by atoms with Crippen LogP contribution in [-0.2, 0) is 4.79 Å². The molecule has 0 heterocycles. The Hall–Kier alpha value is -1.37. The molecule has 0 unspecified atom stereocenters. The van der Waals surface area contributed by atoms with E-state index < -0.39 is 0 Å². The summed E-state index contributed by atoms with van der Waals surface area (Å²) >= 11 is 0. The van der Waals surface area contributed by atoms with E-state index in [1.807, 2.05) is 0 Å². The Morgan fingerprint density at radius 1 is 1.19 bits per heavy atom. The van der Waals surface area contributed by atoms with Crippen LogP contribution in [0.1, 0.15) is 43.7 Å². The van der Waals surface area contributed by atoms with Crippen molar-refractivity contribution in [3.63, 3.8) is 0 Å². The summed E-state index contributed by atoms with van der Waals surface area (Å²) in [6, 6.07) is 8.37. The Balaban J connectivity index is 2.73. The van der Waals surface area contributed by atoms with Crippen LogP contribution < -0.4 is 0 Å². The minimum absolute atomic E-state index is 0.890. The van der Waals surface area contributed by atoms with Crippen molar-refractivity contribution in [1.29, 1.82) is 0 Å². The first-order valence-electron chi connectivity index (χ1n) is 5.99. The Labute approximate surface area is 98.2 Å². The van der Waals surface area contributed by atoms with Crippen LogP contribution in [0.25, 0.3) is 5.57 Å². The molecule has 0 saturated carbocycles. The number of aryl methyl sites for hydroxylation is 1. The molecule has 0 spiro atoms. The van der Waals surface area contributed by atoms with E-state index in [1.54, 1.807) is 6.08 Å². The van der Waals surface area contributed by atoms with Gasteiger partial charge in [0.1, 0.15) is 6.29 Å². The molecule has 1 nitrogen and oxygen atoms in total. The van der Waals surface area contributed by atoms with E-state index in [9.17, 15) is 4.79 Å². The number of unbranched alkanes of at least 4 members (excludes halogenated alkanes) is 2. The van der Waals surface area contributed by atoms with Crippen LogP contribution in [0.2, 0.25) is 0 Å². The highest BCUT2D eigenvalue weighted by atomic mass is 16.1. The SMILES string of the molecule is CCCCCC(=CC=O)c1ccc(C)cc1. The highest BCUT2D eigenvalue weighted by Crippen LogP contribution is 2.21. The lowest BCUT2D eigenvalue weighted by Gasteiger charge is -2.06. The third-order valence-electron chi connectivity index (χ3n) is 2.74. The van der Waals surface area contributed by atoms with E-state index in [2.05, 4.69) is 38.1 Å². The van der Waals surface area contributed by atoms with Crippen molar-refractivity contribution in [3.8, 4) is 0 Å². The van der Waals surface area contributed by atoms with Gasteiger partial charge in [0.15, 0.2) is 0 Å². The summed E-state index contributed by atoms with van der Waals surface area (Å²) < 4.78 is 0. The minimum atomic E-state index is 0.890. The zero-order valence-corrected chi connectivity index (χ0v) is 10.2. The minimum Gasteiger partial charge on any atom is -0.299 e. The fourth-order valence-electron chi connectivity index (χ4n) is 1.74. The molecule has 0 aromatic heterocycles. The molecular formula is C15H20O. The molecule has 0 N–H and O–H groups in total. The van der Waals surface area contributed by atoms with Crippen molar-refractivity contribution in [2.75, 3.05) is 0 Å². The molecule has 0 amide bonds. The topological polar surface area (TPSA) is 17.1 Å². The van der Waals surface area contributed by atoms with Gasteiger partial charge in [0, 0.05) is 0 Å². The molecule has 1 aromatic carbocycles. The van der Waals surface area contributed by atoms with E-state index in [-0.39, 0.29) is 0 Å². The molecular weight excluding hydrogens is 196 g/mol. The number of hydrogen-bond acceptors (Lipinski definition) is 1. The fourth-order valence-corrected chi connectivity index (χ4v) is 1.74. The first-order chi connectivity index (χ1) is 7.77. The average molecular weight is 216 g/mol. The van der Waals surface area contributed by atoms with Gasteiger partial charge in [0.25, 0.3) is 0 Å². The Morgan fingerprint density at radius 2 is 1.88 bits per heavy atom. The van der Waals surface area contributed by atoms with Gasteiger partial charge in [0.05, 0.1) is 0 Å². The smallest absolute Gasteiger partial charge is 0.143 e. The van der Waals surface area contributed by atoms with Crippen LogP contribution in [0.5, 0.6) is 0 Å². The van der Waals surface area contributed by atoms with Gasteiger partial charge >= 0.3 is 0 Å². The van der Waals surface area contributed by atoms with Gasteiger partial charge in [-0.2, -0.15) is 0 Å². The predicted molar refractivity (Wildman–Crippen MR) is 69.4 cm³/mol. The summed E-state index contributed by atoms with van der Waals surface area (Å²) in [7, 11) is 0. The first kappa shape index (κ1) is 12.7. The quantitative estimate of drug-likeness (QED) is 0.396. The van der Waals surface area contributed by atoms with Crippen molar-refractivity contribution < 1.29 is 4.79 Å². The molecule has 16 heavy (non-hydrogen) atoms. The van der Waals surface area contributed by atoms with E-state index >= 15 is 0 Å². The van der Waals surface area contributed by atoms with E-state index in [0.717, 1.165) is 24.7 Å². The molecule has 0 aliphatic heterocycles. The fraction of sp³-hybridized carbons (Fsp3) is 0.400. The number of benzene rings is 1. The van der Waals surface area contributed by atoms with Crippen LogP contribution in [0.4, 0.5) is 0 Å². The van der Waals surface area contributed by atoms with E-state index in [0.29, 0.717) is 0 Å². The largest absolute Gasteiger partial charge is 0.299 e. The lowest BCUT2D eigenvalue weighted by molar-refractivity contribution is -0.104. The molecule has 0 radical (unpaired) electrons. The summed E-state index contributed by atoms with van der Waals surface area (Å²) in [4.78, 5) is 10.6. The summed E-state index contributed by atoms with van der Waals surface area (Å²) in [5.41, 5.74) is 3.58. The monoisotopic (exact) mass is 216 g/mol. The number of carbonyl (C=O) groups is 1. The molecule has 0 aliphatic rings. The lowest BCUT2D eigenvalue weighted by atomic mass is 9.98. The highest BCUT2D eigenvalue weighted by molar-refractivity contribution is 5.81. The molecule has 1 rings (SSSR count). The van der Waals surface area contributed by atoms with Gasteiger partial charge in [-0.25, -0.2) is 0 Å². The third-order valence-corrected chi connectivity index (χ3v) is 2.74. The molecule has 0 atom stereocenters. The van der Waals surface area contributed by atoms with Crippen molar-refractivity contribution in [3.05, 3.63) is 41.5 Å². The molecule has 1 aromatic rings. The standard InChI is InChI=1S/C15H20O/c1-3-4-5-6-14(11-12-16)15-9-7-13(2)8-10-15/h7-12H,3-6H2,1-2H3. The maximum Gasteiger partial charge on any atom is 0.143 e. The van der Waals surface area contributed by atoms with Gasteiger partial charge in [-0.1, -0.05) is 49.6 Å². The van der Waals surface area contributed by atoms with Crippen molar-refractivity contribution in [1.82, 2.24) is 0 Å². The van der Waals surface area contributed by atoms with Crippen molar-refractivity contribution in [2.24, 2.45) is 0 Å². The second-order valence-corrected chi connectivity index (χ2v) is 4.15. The first-order valence-corrected chi connectivity index (χ1v) is 5.99. The maximum atomic E-state index is 10.6. The van der Waals surface area contributed by atoms with Crippen LogP contribution >= 0.6 is 0 Å². The molecule has 86 valence electrons. The number of hydrogen-bond donors (Lipinski definition) is 0. The van der Waals surface area contributed by atoms with Gasteiger partial charge in [-0.3, -0.25) is 4.79 Å². The summed E-state index contributed by atoms with van der Waals surface area (Å²) in [5, 5.41) is 0. The van der Waals surface area contributed by atoms with Crippen molar-refractivity contribution in [2.45, 2.75) is 39.5 Å². The van der Waals surface area contributed by atoms with Gasteiger partial charge < -0.3 is 0 Å². The summed E-state index contributed by atoms with van der Waals surface area (Å²) in [6.07, 6.45) is 7.17. The number of carbonyl (C=O) groups excluding carboxylic acids is 1. The van der Waals surface area contributed by atoms with Crippen LogP contribution in [-0.4, -0.2) is 6.29 Å². The zero-order valence-electron chi connectivity index (χ0n) is 10.2. The maximum absolute atomic E-state index is 10.6. The van der Waals surface area contributed by atoms with Crippen molar-refractivity contribution >= 4 is 11.9 Å². The summed E-state index contributed by atoms with van der Waals surface area (Å²) in [5.74, 6) is 0. The zero-order chi connectivity index (χ0) is 11.8. The molecule has 0 aliphatic carbocycles. The molecule has 1 heteroatoms. The predicted octanol–water partition coefficient (Wildman–Crippen LogP) is 4.16. The third kappa shape index (κ3) is 4.01. The summed E-state index contributed by atoms with van der Waals surface area (Å²) in [6.45, 7) is 4.26. The van der Waals surface area contributed by atoms with Gasteiger partial charge in [0.2, 0.25) is 0 Å². The second kappa shape index (κ2) is 7.00. The highest BCUT2D eigenvalue weighted by Gasteiger charge is 2.00. The molecule has 0 bridgehead atoms. The Bertz CT molecular complexity index is 346. The van der Waals surface area contributed by atoms with Crippen LogP contribution in [0.3, 0.4) is 0 Å². The average Bonchev–Trinajstić information content (AvgIpc) is 2.29. The Morgan fingerprint density at radius 3 is 2.44 bits per heavy atom. The molecule has 0 fully saturated rings. The Kier molecular flexibility index (Phi) is 5.55. The van der Waals surface area contributed by atoms with Gasteiger partial charge in [-0.05, 0) is 37.0 Å². The number of aldehydes is 1. The van der Waals surface area contributed by atoms with Crippen LogP contribution in [0.15, 0.2) is 30.3 Å². The lowest BCUT2D eigenvalue weighted by Crippen LogP contribution is -1.87. The number of allylic oxidation sites excluding steroid dienone is 2. The van der Waals surface area contributed by atoms with E-state index in [4.69, 9.17) is 0 Å². The second-order valence-electron chi connectivity index (χ2n) is 4.15. The molecule has 0 saturated heterocycles. The van der Waals surface area contributed by atoms with Crippen LogP contribution in [0, 0.1) is 6.92 Å². The van der Waals surface area contributed by atoms with E-state index in [1.165, 1.54) is 24.0 Å². The number of rotatable bonds is 6. The van der Waals surface area contributed by atoms with Gasteiger partial charge in [-0.15, -0.1) is 0 Å². The normalized spacial score (nSPS) is 11.5.